The minimum absolute atomic E-state index is 0.286. The highest BCUT2D eigenvalue weighted by atomic mass is 19.3. The number of benzene rings is 1. The van der Waals surface area contributed by atoms with E-state index in [1.54, 1.807) is 19.2 Å². The Morgan fingerprint density at radius 3 is 2.44 bits per heavy atom. The fraction of sp³-hybridized carbons (Fsp3) is 0.500. The second-order valence-electron chi connectivity index (χ2n) is 4.55. The fourth-order valence-corrected chi connectivity index (χ4v) is 2.21. The Hall–Kier alpha value is -1.16. The maximum absolute atomic E-state index is 12.9. The molecule has 0 radical (unpaired) electrons. The number of hydrogen-bond donors (Lipinski definition) is 1. The van der Waals surface area contributed by atoms with Crippen molar-refractivity contribution in [1.29, 1.82) is 0 Å². The molecule has 16 heavy (non-hydrogen) atoms. The third kappa shape index (κ3) is 1.78. The molecule has 0 spiro atoms. The Morgan fingerprint density at radius 1 is 1.31 bits per heavy atom. The molecular formula is C12H15F2NO. The van der Waals surface area contributed by atoms with Crippen molar-refractivity contribution in [3.63, 3.8) is 0 Å². The molecule has 1 fully saturated rings. The summed E-state index contributed by atoms with van der Waals surface area (Å²) in [5.74, 6) is -1.93. The van der Waals surface area contributed by atoms with Gasteiger partial charge in [0.15, 0.2) is 0 Å². The van der Waals surface area contributed by atoms with Gasteiger partial charge in [-0.2, -0.15) is 0 Å². The number of alkyl halides is 2. The summed E-state index contributed by atoms with van der Waals surface area (Å²) >= 11 is 0. The van der Waals surface area contributed by atoms with Gasteiger partial charge in [0.1, 0.15) is 5.75 Å². The van der Waals surface area contributed by atoms with Gasteiger partial charge in [0.25, 0.3) is 5.92 Å². The molecule has 1 aliphatic carbocycles. The Labute approximate surface area is 93.4 Å². The van der Waals surface area contributed by atoms with Crippen LogP contribution in [0.2, 0.25) is 0 Å². The van der Waals surface area contributed by atoms with Crippen LogP contribution in [-0.2, 0) is 5.54 Å². The van der Waals surface area contributed by atoms with E-state index in [1.807, 2.05) is 13.0 Å². The Bertz CT molecular complexity index is 409. The first-order valence-corrected chi connectivity index (χ1v) is 5.18. The number of halogens is 2. The van der Waals surface area contributed by atoms with Crippen molar-refractivity contribution in [2.45, 2.75) is 31.2 Å². The summed E-state index contributed by atoms with van der Waals surface area (Å²) in [6.45, 7) is 1.90. The molecule has 2 N–H and O–H groups in total. The standard InChI is InChI=1S/C12H15F2NO/c1-8-3-4-9(5-10(8)16-2)11(15)6-12(13,14)7-11/h3-5H,6-7,15H2,1-2H3. The van der Waals surface area contributed by atoms with Gasteiger partial charge in [-0.05, 0) is 24.1 Å². The molecule has 0 bridgehead atoms. The third-order valence-electron chi connectivity index (χ3n) is 3.13. The van der Waals surface area contributed by atoms with Gasteiger partial charge in [0.05, 0.1) is 12.6 Å². The van der Waals surface area contributed by atoms with Crippen LogP contribution in [0.25, 0.3) is 0 Å². The quantitative estimate of drug-likeness (QED) is 0.842. The predicted molar refractivity (Wildman–Crippen MR) is 57.8 cm³/mol. The first-order chi connectivity index (χ1) is 7.36. The van der Waals surface area contributed by atoms with E-state index in [9.17, 15) is 8.78 Å². The second-order valence-corrected chi connectivity index (χ2v) is 4.55. The van der Waals surface area contributed by atoms with Gasteiger partial charge in [0.2, 0.25) is 0 Å². The molecule has 1 saturated carbocycles. The van der Waals surface area contributed by atoms with Crippen LogP contribution in [0.5, 0.6) is 5.75 Å². The Kier molecular flexibility index (Phi) is 2.42. The van der Waals surface area contributed by atoms with Crippen molar-refractivity contribution in [3.8, 4) is 5.75 Å². The fourth-order valence-electron chi connectivity index (χ4n) is 2.21. The lowest BCUT2D eigenvalue weighted by Gasteiger charge is -2.45. The predicted octanol–water partition coefficient (Wildman–Crippen LogP) is 2.59. The van der Waals surface area contributed by atoms with Gasteiger partial charge in [0, 0.05) is 12.8 Å². The monoisotopic (exact) mass is 227 g/mol. The van der Waals surface area contributed by atoms with Gasteiger partial charge in [-0.1, -0.05) is 12.1 Å². The summed E-state index contributed by atoms with van der Waals surface area (Å²) in [5.41, 5.74) is 6.74. The van der Waals surface area contributed by atoms with Crippen molar-refractivity contribution < 1.29 is 13.5 Å². The summed E-state index contributed by atoms with van der Waals surface area (Å²) < 4.78 is 30.9. The highest BCUT2D eigenvalue weighted by molar-refractivity contribution is 5.41. The van der Waals surface area contributed by atoms with E-state index in [2.05, 4.69) is 0 Å². The van der Waals surface area contributed by atoms with E-state index in [-0.39, 0.29) is 12.8 Å². The van der Waals surface area contributed by atoms with Gasteiger partial charge in [-0.3, -0.25) is 0 Å². The number of hydrogen-bond acceptors (Lipinski definition) is 2. The molecule has 0 saturated heterocycles. The van der Waals surface area contributed by atoms with E-state index in [4.69, 9.17) is 10.5 Å². The average molecular weight is 227 g/mol. The highest BCUT2D eigenvalue weighted by Gasteiger charge is 2.55. The molecule has 88 valence electrons. The lowest BCUT2D eigenvalue weighted by molar-refractivity contribution is -0.125. The molecule has 4 heteroatoms. The molecule has 0 unspecified atom stereocenters. The summed E-state index contributed by atoms with van der Waals surface area (Å²) in [6.07, 6.45) is -0.571. The second kappa shape index (κ2) is 3.42. The topological polar surface area (TPSA) is 35.2 Å². The summed E-state index contributed by atoms with van der Waals surface area (Å²) in [7, 11) is 1.56. The van der Waals surface area contributed by atoms with Crippen molar-refractivity contribution in [1.82, 2.24) is 0 Å². The number of aryl methyl sites for hydroxylation is 1. The molecule has 1 aliphatic rings. The molecule has 1 aromatic carbocycles. The van der Waals surface area contributed by atoms with Crippen molar-refractivity contribution in [2.75, 3.05) is 7.11 Å². The molecule has 0 aromatic heterocycles. The molecule has 1 aromatic rings. The molecular weight excluding hydrogens is 212 g/mol. The maximum atomic E-state index is 12.9. The first-order valence-electron chi connectivity index (χ1n) is 5.18. The van der Waals surface area contributed by atoms with Crippen LogP contribution in [0.3, 0.4) is 0 Å². The molecule has 2 nitrogen and oxygen atoms in total. The minimum atomic E-state index is -2.62. The van der Waals surface area contributed by atoms with Crippen LogP contribution in [0.4, 0.5) is 8.78 Å². The maximum Gasteiger partial charge on any atom is 0.252 e. The van der Waals surface area contributed by atoms with Crippen LogP contribution in [0, 0.1) is 6.92 Å². The number of ether oxygens (including phenoxy) is 1. The number of nitrogens with two attached hydrogens (primary N) is 1. The zero-order chi connectivity index (χ0) is 12.0. The smallest absolute Gasteiger partial charge is 0.252 e. The van der Waals surface area contributed by atoms with E-state index in [1.165, 1.54) is 0 Å². The summed E-state index contributed by atoms with van der Waals surface area (Å²) in [6, 6.07) is 5.40. The Balaban J connectivity index is 2.29. The van der Waals surface area contributed by atoms with Crippen molar-refractivity contribution >= 4 is 0 Å². The average Bonchev–Trinajstić information content (AvgIpc) is 2.15. The SMILES string of the molecule is COc1cc(C2(N)CC(F)(F)C2)ccc1C. The lowest BCUT2D eigenvalue weighted by Crippen LogP contribution is -2.55. The molecule has 0 aliphatic heterocycles. The molecule has 0 amide bonds. The lowest BCUT2D eigenvalue weighted by atomic mass is 9.69. The van der Waals surface area contributed by atoms with Crippen LogP contribution in [-0.4, -0.2) is 13.0 Å². The molecule has 0 atom stereocenters. The first kappa shape index (κ1) is 11.3. The summed E-state index contributed by atoms with van der Waals surface area (Å²) in [5, 5.41) is 0. The highest BCUT2D eigenvalue weighted by Crippen LogP contribution is 2.50. The van der Waals surface area contributed by atoms with Gasteiger partial charge >= 0.3 is 0 Å². The van der Waals surface area contributed by atoms with Gasteiger partial charge in [-0.15, -0.1) is 0 Å². The van der Waals surface area contributed by atoms with E-state index >= 15 is 0 Å². The number of rotatable bonds is 2. The number of methoxy groups -OCH3 is 1. The molecule has 2 rings (SSSR count). The minimum Gasteiger partial charge on any atom is -0.496 e. The zero-order valence-electron chi connectivity index (χ0n) is 9.39. The van der Waals surface area contributed by atoms with Crippen LogP contribution in [0.1, 0.15) is 24.0 Å². The van der Waals surface area contributed by atoms with E-state index in [0.717, 1.165) is 11.1 Å². The summed E-state index contributed by atoms with van der Waals surface area (Å²) in [4.78, 5) is 0. The molecule has 0 heterocycles. The van der Waals surface area contributed by atoms with Crippen LogP contribution < -0.4 is 10.5 Å². The van der Waals surface area contributed by atoms with Crippen LogP contribution in [0.15, 0.2) is 18.2 Å². The van der Waals surface area contributed by atoms with Crippen molar-refractivity contribution in [2.24, 2.45) is 5.73 Å². The largest absolute Gasteiger partial charge is 0.496 e. The Morgan fingerprint density at radius 2 is 1.94 bits per heavy atom. The van der Waals surface area contributed by atoms with Gasteiger partial charge < -0.3 is 10.5 Å². The van der Waals surface area contributed by atoms with Crippen LogP contribution >= 0.6 is 0 Å². The van der Waals surface area contributed by atoms with Crippen molar-refractivity contribution in [3.05, 3.63) is 29.3 Å². The van der Waals surface area contributed by atoms with E-state index in [0.29, 0.717) is 5.75 Å². The normalized spacial score (nSPS) is 21.3. The van der Waals surface area contributed by atoms with E-state index < -0.39 is 11.5 Å². The van der Waals surface area contributed by atoms with Gasteiger partial charge in [-0.25, -0.2) is 8.78 Å². The zero-order valence-corrected chi connectivity index (χ0v) is 9.39. The third-order valence-corrected chi connectivity index (χ3v) is 3.13.